The zero-order valence-electron chi connectivity index (χ0n) is 13.7. The van der Waals surface area contributed by atoms with Crippen LogP contribution in [0.3, 0.4) is 0 Å². The molecule has 0 saturated carbocycles. The van der Waals surface area contributed by atoms with Gasteiger partial charge in [0.2, 0.25) is 0 Å². The molecule has 1 unspecified atom stereocenters. The maximum absolute atomic E-state index is 10.3. The smallest absolute Gasteiger partial charge is 0.129 e. The molecule has 2 aromatic rings. The van der Waals surface area contributed by atoms with Crippen LogP contribution in [-0.2, 0) is 13.1 Å². The molecule has 0 amide bonds. The second kappa shape index (κ2) is 8.99. The average molecular weight is 334 g/mol. The predicted octanol–water partition coefficient (Wildman–Crippen LogP) is 2.66. The Morgan fingerprint density at radius 3 is 2.13 bits per heavy atom. The summed E-state index contributed by atoms with van der Waals surface area (Å²) in [6, 6.07) is 14.0. The number of benzene rings is 1. The standard InChI is InChI=1S/C18H24ClN3O/c1-21(11-15-6-4-3-5-7-15)13-17(23)14-22(2)12-16-8-9-18(19)20-10-16/h3-10,17,23H,11-14H2,1-2H3. The summed E-state index contributed by atoms with van der Waals surface area (Å²) in [4.78, 5) is 8.30. The van der Waals surface area contributed by atoms with E-state index in [9.17, 15) is 5.11 Å². The lowest BCUT2D eigenvalue weighted by Gasteiger charge is -2.24. The highest BCUT2D eigenvalue weighted by Crippen LogP contribution is 2.08. The number of pyridine rings is 1. The van der Waals surface area contributed by atoms with Crippen molar-refractivity contribution in [3.63, 3.8) is 0 Å². The summed E-state index contributed by atoms with van der Waals surface area (Å²) in [5.74, 6) is 0. The van der Waals surface area contributed by atoms with Gasteiger partial charge >= 0.3 is 0 Å². The minimum Gasteiger partial charge on any atom is -0.390 e. The lowest BCUT2D eigenvalue weighted by Crippen LogP contribution is -2.37. The van der Waals surface area contributed by atoms with Crippen molar-refractivity contribution in [3.8, 4) is 0 Å². The van der Waals surface area contributed by atoms with Gasteiger partial charge in [0.05, 0.1) is 6.10 Å². The molecule has 124 valence electrons. The maximum atomic E-state index is 10.3. The average Bonchev–Trinajstić information content (AvgIpc) is 2.50. The van der Waals surface area contributed by atoms with Gasteiger partial charge in [0.1, 0.15) is 5.15 Å². The molecule has 0 fully saturated rings. The van der Waals surface area contributed by atoms with E-state index in [1.807, 2.05) is 38.4 Å². The molecule has 1 atom stereocenters. The molecule has 0 radical (unpaired) electrons. The summed E-state index contributed by atoms with van der Waals surface area (Å²) in [5.41, 5.74) is 2.34. The third kappa shape index (κ3) is 6.67. The van der Waals surface area contributed by atoms with Gasteiger partial charge in [-0.25, -0.2) is 4.98 Å². The van der Waals surface area contributed by atoms with Crippen LogP contribution in [0.15, 0.2) is 48.7 Å². The molecule has 0 bridgehead atoms. The van der Waals surface area contributed by atoms with Crippen molar-refractivity contribution in [1.29, 1.82) is 0 Å². The molecular weight excluding hydrogens is 310 g/mol. The Balaban J connectivity index is 1.74. The first-order valence-electron chi connectivity index (χ1n) is 7.72. The first-order valence-corrected chi connectivity index (χ1v) is 8.10. The summed E-state index contributed by atoms with van der Waals surface area (Å²) in [6.07, 6.45) is 1.38. The Bertz CT molecular complexity index is 577. The van der Waals surface area contributed by atoms with Crippen LogP contribution in [0.4, 0.5) is 0 Å². The zero-order valence-corrected chi connectivity index (χ0v) is 14.4. The molecule has 1 aromatic heterocycles. The van der Waals surface area contributed by atoms with Crippen molar-refractivity contribution in [2.75, 3.05) is 27.2 Å². The van der Waals surface area contributed by atoms with Crippen molar-refractivity contribution in [2.24, 2.45) is 0 Å². The molecule has 0 aliphatic carbocycles. The summed E-state index contributed by atoms with van der Waals surface area (Å²) >= 11 is 5.79. The minimum absolute atomic E-state index is 0.394. The van der Waals surface area contributed by atoms with E-state index < -0.39 is 6.10 Å². The van der Waals surface area contributed by atoms with Crippen LogP contribution in [-0.4, -0.2) is 53.2 Å². The molecular formula is C18H24ClN3O. The number of aliphatic hydroxyl groups excluding tert-OH is 1. The van der Waals surface area contributed by atoms with E-state index in [1.54, 1.807) is 12.3 Å². The van der Waals surface area contributed by atoms with Crippen molar-refractivity contribution >= 4 is 11.6 Å². The molecule has 0 aliphatic rings. The Morgan fingerprint density at radius 2 is 1.57 bits per heavy atom. The molecule has 0 saturated heterocycles. The third-order valence-electron chi connectivity index (χ3n) is 3.58. The van der Waals surface area contributed by atoms with Crippen LogP contribution >= 0.6 is 11.6 Å². The van der Waals surface area contributed by atoms with Crippen molar-refractivity contribution in [1.82, 2.24) is 14.8 Å². The van der Waals surface area contributed by atoms with E-state index in [-0.39, 0.29) is 0 Å². The summed E-state index contributed by atoms with van der Waals surface area (Å²) in [7, 11) is 4.02. The fraction of sp³-hybridized carbons (Fsp3) is 0.389. The lowest BCUT2D eigenvalue weighted by atomic mass is 10.2. The topological polar surface area (TPSA) is 39.6 Å². The van der Waals surface area contributed by atoms with Gasteiger partial charge in [0, 0.05) is 32.4 Å². The van der Waals surface area contributed by atoms with Crippen LogP contribution in [0.1, 0.15) is 11.1 Å². The largest absolute Gasteiger partial charge is 0.390 e. The van der Waals surface area contributed by atoms with E-state index in [0.29, 0.717) is 18.2 Å². The molecule has 4 nitrogen and oxygen atoms in total. The quantitative estimate of drug-likeness (QED) is 0.754. The number of likely N-dealkylation sites (N-methyl/N-ethyl adjacent to an activating group) is 2. The van der Waals surface area contributed by atoms with Gasteiger partial charge in [0.15, 0.2) is 0 Å². The van der Waals surface area contributed by atoms with Crippen molar-refractivity contribution in [2.45, 2.75) is 19.2 Å². The molecule has 1 aromatic carbocycles. The van der Waals surface area contributed by atoms with Gasteiger partial charge < -0.3 is 5.11 Å². The fourth-order valence-electron chi connectivity index (χ4n) is 2.61. The number of nitrogens with zero attached hydrogens (tertiary/aromatic N) is 3. The first-order chi connectivity index (χ1) is 11.0. The molecule has 23 heavy (non-hydrogen) atoms. The number of hydrogen-bond acceptors (Lipinski definition) is 4. The van der Waals surface area contributed by atoms with E-state index in [4.69, 9.17) is 11.6 Å². The fourth-order valence-corrected chi connectivity index (χ4v) is 2.72. The second-order valence-electron chi connectivity index (χ2n) is 6.02. The van der Waals surface area contributed by atoms with Gasteiger partial charge in [-0.15, -0.1) is 0 Å². The van der Waals surface area contributed by atoms with E-state index in [2.05, 4.69) is 26.9 Å². The number of aliphatic hydroxyl groups is 1. The van der Waals surface area contributed by atoms with Crippen LogP contribution in [0.5, 0.6) is 0 Å². The number of halogens is 1. The van der Waals surface area contributed by atoms with Crippen LogP contribution in [0.2, 0.25) is 5.15 Å². The van der Waals surface area contributed by atoms with Crippen molar-refractivity contribution in [3.05, 3.63) is 64.9 Å². The molecule has 2 rings (SSSR count). The highest BCUT2D eigenvalue weighted by Gasteiger charge is 2.12. The van der Waals surface area contributed by atoms with E-state index in [0.717, 1.165) is 18.7 Å². The van der Waals surface area contributed by atoms with Gasteiger partial charge in [-0.1, -0.05) is 48.0 Å². The highest BCUT2D eigenvalue weighted by molar-refractivity contribution is 6.29. The normalized spacial score (nSPS) is 12.8. The summed E-state index contributed by atoms with van der Waals surface area (Å²) in [5, 5.41) is 10.8. The molecule has 0 spiro atoms. The maximum Gasteiger partial charge on any atom is 0.129 e. The highest BCUT2D eigenvalue weighted by atomic mass is 35.5. The van der Waals surface area contributed by atoms with Crippen LogP contribution in [0.25, 0.3) is 0 Å². The monoisotopic (exact) mass is 333 g/mol. The minimum atomic E-state index is -0.394. The Kier molecular flexibility index (Phi) is 6.99. The molecule has 1 heterocycles. The van der Waals surface area contributed by atoms with E-state index >= 15 is 0 Å². The molecule has 5 heteroatoms. The first kappa shape index (κ1) is 17.9. The SMILES string of the molecule is CN(Cc1ccccc1)CC(O)CN(C)Cc1ccc(Cl)nc1. The third-order valence-corrected chi connectivity index (χ3v) is 3.80. The van der Waals surface area contributed by atoms with Crippen LogP contribution < -0.4 is 0 Å². The van der Waals surface area contributed by atoms with E-state index in [1.165, 1.54) is 5.56 Å². The predicted molar refractivity (Wildman–Crippen MR) is 94.4 cm³/mol. The molecule has 0 aliphatic heterocycles. The lowest BCUT2D eigenvalue weighted by molar-refractivity contribution is 0.0867. The number of aromatic nitrogens is 1. The summed E-state index contributed by atoms with van der Waals surface area (Å²) in [6.45, 7) is 2.83. The van der Waals surface area contributed by atoms with Gasteiger partial charge in [0.25, 0.3) is 0 Å². The Morgan fingerprint density at radius 1 is 0.957 bits per heavy atom. The van der Waals surface area contributed by atoms with Crippen molar-refractivity contribution < 1.29 is 5.11 Å². The van der Waals surface area contributed by atoms with Gasteiger partial charge in [-0.3, -0.25) is 9.80 Å². The summed E-state index contributed by atoms with van der Waals surface area (Å²) < 4.78 is 0. The number of hydrogen-bond donors (Lipinski definition) is 1. The Hall–Kier alpha value is -1.46. The van der Waals surface area contributed by atoms with Crippen LogP contribution in [0, 0.1) is 0 Å². The van der Waals surface area contributed by atoms with Gasteiger partial charge in [-0.2, -0.15) is 0 Å². The van der Waals surface area contributed by atoms with Gasteiger partial charge in [-0.05, 0) is 31.3 Å². The Labute approximate surface area is 143 Å². The molecule has 1 N–H and O–H groups in total. The number of rotatable bonds is 8. The zero-order chi connectivity index (χ0) is 16.7. The second-order valence-corrected chi connectivity index (χ2v) is 6.41.